The molecule has 0 aromatic heterocycles. The summed E-state index contributed by atoms with van der Waals surface area (Å²) in [5, 5.41) is 14.1. The second-order valence-electron chi connectivity index (χ2n) is 4.18. The summed E-state index contributed by atoms with van der Waals surface area (Å²) in [7, 11) is 1.27. The first kappa shape index (κ1) is 13.1. The van der Waals surface area contributed by atoms with E-state index in [1.54, 1.807) is 0 Å². The predicted octanol–water partition coefficient (Wildman–Crippen LogP) is 2.78. The molecule has 0 saturated heterocycles. The largest absolute Gasteiger partial charge is 0.464 e. The van der Waals surface area contributed by atoms with Crippen LogP contribution in [0, 0.1) is 0 Å². The molecule has 0 spiro atoms. The Labute approximate surface area is 111 Å². The highest BCUT2D eigenvalue weighted by molar-refractivity contribution is 6.36. The number of aryl methyl sites for hydroxylation is 1. The first-order chi connectivity index (χ1) is 9.26. The zero-order valence-electron chi connectivity index (χ0n) is 10.7. The fourth-order valence-corrected chi connectivity index (χ4v) is 2.07. The fraction of sp³-hybridized carbons (Fsp3) is 0.200. The van der Waals surface area contributed by atoms with E-state index in [1.165, 1.54) is 7.11 Å². The minimum atomic E-state index is -0.595. The first-order valence-corrected chi connectivity index (χ1v) is 6.02. The van der Waals surface area contributed by atoms with Gasteiger partial charge in [0.25, 0.3) is 0 Å². The van der Waals surface area contributed by atoms with E-state index in [0.717, 1.165) is 16.3 Å². The molecule has 0 bridgehead atoms. The molecule has 1 N–H and O–H groups in total. The number of methoxy groups -OCH3 is 1. The second kappa shape index (κ2) is 6.00. The van der Waals surface area contributed by atoms with Crippen LogP contribution in [0.4, 0.5) is 0 Å². The number of carbonyl (C=O) groups is 1. The molecule has 0 aliphatic heterocycles. The number of fused-ring (bicyclic) bond motifs is 1. The van der Waals surface area contributed by atoms with Crippen molar-refractivity contribution in [2.45, 2.75) is 12.8 Å². The van der Waals surface area contributed by atoms with Crippen LogP contribution in [0.3, 0.4) is 0 Å². The Morgan fingerprint density at radius 3 is 2.68 bits per heavy atom. The van der Waals surface area contributed by atoms with Gasteiger partial charge in [0, 0.05) is 6.42 Å². The van der Waals surface area contributed by atoms with Crippen molar-refractivity contribution in [1.82, 2.24) is 0 Å². The second-order valence-corrected chi connectivity index (χ2v) is 4.18. The van der Waals surface area contributed by atoms with E-state index in [2.05, 4.69) is 9.89 Å². The summed E-state index contributed by atoms with van der Waals surface area (Å²) < 4.78 is 4.55. The SMILES string of the molecule is COC(=O)C(CCc1cccc2ccccc12)=NO. The first-order valence-electron chi connectivity index (χ1n) is 6.02. The van der Waals surface area contributed by atoms with E-state index in [4.69, 9.17) is 5.21 Å². The number of esters is 1. The smallest absolute Gasteiger partial charge is 0.355 e. The highest BCUT2D eigenvalue weighted by atomic mass is 16.5. The van der Waals surface area contributed by atoms with Crippen molar-refractivity contribution < 1.29 is 14.7 Å². The van der Waals surface area contributed by atoms with E-state index in [1.807, 2.05) is 42.5 Å². The third-order valence-corrected chi connectivity index (χ3v) is 3.05. The van der Waals surface area contributed by atoms with Crippen LogP contribution in [0.5, 0.6) is 0 Å². The summed E-state index contributed by atoms with van der Waals surface area (Å²) in [6.45, 7) is 0. The molecule has 2 rings (SSSR count). The molecule has 0 fully saturated rings. The number of carbonyl (C=O) groups excluding carboxylic acids is 1. The summed E-state index contributed by atoms with van der Waals surface area (Å²) in [5.41, 5.74) is 1.15. The lowest BCUT2D eigenvalue weighted by Gasteiger charge is -2.06. The van der Waals surface area contributed by atoms with Gasteiger partial charge in [-0.2, -0.15) is 0 Å². The normalized spacial score (nSPS) is 11.5. The molecule has 4 nitrogen and oxygen atoms in total. The maximum atomic E-state index is 11.3. The standard InChI is InChI=1S/C15H15NO3/c1-19-15(17)14(16-18)10-9-12-7-4-6-11-5-2-3-8-13(11)12/h2-8,18H,9-10H2,1H3. The molecular weight excluding hydrogens is 242 g/mol. The van der Waals surface area contributed by atoms with Crippen LogP contribution < -0.4 is 0 Å². The maximum absolute atomic E-state index is 11.3. The zero-order valence-corrected chi connectivity index (χ0v) is 10.7. The van der Waals surface area contributed by atoms with E-state index in [-0.39, 0.29) is 5.71 Å². The average molecular weight is 257 g/mol. The monoisotopic (exact) mass is 257 g/mol. The molecule has 0 atom stereocenters. The predicted molar refractivity (Wildman–Crippen MR) is 73.5 cm³/mol. The Kier molecular flexibility index (Phi) is 4.13. The molecule has 0 heterocycles. The third kappa shape index (κ3) is 2.91. The Morgan fingerprint density at radius 2 is 1.95 bits per heavy atom. The van der Waals surface area contributed by atoms with E-state index in [0.29, 0.717) is 12.8 Å². The molecule has 0 aliphatic rings. The summed E-state index contributed by atoms with van der Waals surface area (Å²) in [5.74, 6) is -0.595. The summed E-state index contributed by atoms with van der Waals surface area (Å²) in [6.07, 6.45) is 0.965. The van der Waals surface area contributed by atoms with E-state index >= 15 is 0 Å². The highest BCUT2D eigenvalue weighted by Gasteiger charge is 2.13. The Morgan fingerprint density at radius 1 is 1.21 bits per heavy atom. The maximum Gasteiger partial charge on any atom is 0.355 e. The van der Waals surface area contributed by atoms with Gasteiger partial charge in [0.2, 0.25) is 0 Å². The topological polar surface area (TPSA) is 58.9 Å². The van der Waals surface area contributed by atoms with Gasteiger partial charge in [-0.3, -0.25) is 0 Å². The number of rotatable bonds is 4. The van der Waals surface area contributed by atoms with Gasteiger partial charge in [-0.05, 0) is 22.8 Å². The van der Waals surface area contributed by atoms with Gasteiger partial charge in [0.1, 0.15) is 0 Å². The molecular formula is C15H15NO3. The number of oxime groups is 1. The lowest BCUT2D eigenvalue weighted by atomic mass is 10.00. The zero-order chi connectivity index (χ0) is 13.7. The molecule has 2 aromatic rings. The summed E-state index contributed by atoms with van der Waals surface area (Å²) >= 11 is 0. The van der Waals surface area contributed by atoms with Crippen LogP contribution >= 0.6 is 0 Å². The number of ether oxygens (including phenoxy) is 1. The molecule has 0 aliphatic carbocycles. The third-order valence-electron chi connectivity index (χ3n) is 3.05. The van der Waals surface area contributed by atoms with Crippen molar-refractivity contribution in [2.24, 2.45) is 5.16 Å². The van der Waals surface area contributed by atoms with Crippen molar-refractivity contribution in [3.8, 4) is 0 Å². The lowest BCUT2D eigenvalue weighted by molar-refractivity contribution is -0.133. The van der Waals surface area contributed by atoms with Gasteiger partial charge in [0.15, 0.2) is 5.71 Å². The Bertz CT molecular complexity index is 614. The number of hydrogen-bond donors (Lipinski definition) is 1. The van der Waals surface area contributed by atoms with E-state index in [9.17, 15) is 4.79 Å². The molecule has 98 valence electrons. The van der Waals surface area contributed by atoms with Gasteiger partial charge in [-0.1, -0.05) is 47.6 Å². The van der Waals surface area contributed by atoms with Crippen molar-refractivity contribution in [3.05, 3.63) is 48.0 Å². The summed E-state index contributed by atoms with van der Waals surface area (Å²) in [4.78, 5) is 11.3. The van der Waals surface area contributed by atoms with Crippen LogP contribution in [0.2, 0.25) is 0 Å². The fourth-order valence-electron chi connectivity index (χ4n) is 2.07. The van der Waals surface area contributed by atoms with E-state index < -0.39 is 5.97 Å². The molecule has 0 unspecified atom stereocenters. The number of benzene rings is 2. The van der Waals surface area contributed by atoms with Crippen LogP contribution in [0.25, 0.3) is 10.8 Å². The quantitative estimate of drug-likeness (QED) is 0.396. The molecule has 19 heavy (non-hydrogen) atoms. The van der Waals surface area contributed by atoms with Gasteiger partial charge < -0.3 is 9.94 Å². The van der Waals surface area contributed by atoms with Crippen molar-refractivity contribution in [3.63, 3.8) is 0 Å². The molecule has 0 amide bonds. The van der Waals surface area contributed by atoms with Crippen LogP contribution in [-0.2, 0) is 16.0 Å². The van der Waals surface area contributed by atoms with Crippen molar-refractivity contribution in [2.75, 3.05) is 7.11 Å². The van der Waals surface area contributed by atoms with Gasteiger partial charge in [-0.15, -0.1) is 0 Å². The van der Waals surface area contributed by atoms with Gasteiger partial charge >= 0.3 is 5.97 Å². The lowest BCUT2D eigenvalue weighted by Crippen LogP contribution is -2.16. The summed E-state index contributed by atoms with van der Waals surface area (Å²) in [6, 6.07) is 14.1. The molecule has 0 saturated carbocycles. The molecule has 2 aromatic carbocycles. The minimum absolute atomic E-state index is 0.0374. The highest BCUT2D eigenvalue weighted by Crippen LogP contribution is 2.19. The average Bonchev–Trinajstić information content (AvgIpc) is 2.47. The molecule has 0 radical (unpaired) electrons. The van der Waals surface area contributed by atoms with Crippen molar-refractivity contribution >= 4 is 22.5 Å². The number of nitrogens with zero attached hydrogens (tertiary/aromatic N) is 1. The van der Waals surface area contributed by atoms with Gasteiger partial charge in [0.05, 0.1) is 7.11 Å². The number of hydrogen-bond acceptors (Lipinski definition) is 4. The van der Waals surface area contributed by atoms with Crippen LogP contribution in [0.15, 0.2) is 47.6 Å². The molecule has 4 heteroatoms. The van der Waals surface area contributed by atoms with Crippen LogP contribution in [-0.4, -0.2) is 24.0 Å². The van der Waals surface area contributed by atoms with Crippen molar-refractivity contribution in [1.29, 1.82) is 0 Å². The Balaban J connectivity index is 2.20. The van der Waals surface area contributed by atoms with Crippen LogP contribution in [0.1, 0.15) is 12.0 Å². The van der Waals surface area contributed by atoms with Gasteiger partial charge in [-0.25, -0.2) is 4.79 Å². The Hall–Kier alpha value is -2.36. The minimum Gasteiger partial charge on any atom is -0.464 e.